The van der Waals surface area contributed by atoms with Gasteiger partial charge in [-0.3, -0.25) is 24.0 Å². The van der Waals surface area contributed by atoms with Crippen molar-refractivity contribution in [2.45, 2.75) is 194 Å². The summed E-state index contributed by atoms with van der Waals surface area (Å²) < 4.78 is 35.8. The number of ketones is 3. The minimum atomic E-state index is -2.47. The van der Waals surface area contributed by atoms with Crippen molar-refractivity contribution in [1.29, 1.82) is 0 Å². The van der Waals surface area contributed by atoms with Gasteiger partial charge in [0.2, 0.25) is 5.79 Å². The Kier molecular flexibility index (Phi) is 25.3. The molecule has 15 atom stereocenters. The number of carbonyl (C=O) groups excluding carboxylic acids is 5. The molecule has 0 aromatic carbocycles. The number of hydrogen-bond acceptors (Lipinski definition) is 14. The Morgan fingerprint density at radius 2 is 1.62 bits per heavy atom. The quantitative estimate of drug-likeness (QED) is 0.0696. The molecule has 4 rings (SSSR count). The molecule has 1 amide bonds. The lowest BCUT2D eigenvalue weighted by molar-refractivity contribution is -0.266. The number of carboxylic acids is 1. The summed E-state index contributed by atoms with van der Waals surface area (Å²) in [5, 5.41) is 32.9. The summed E-state index contributed by atoms with van der Waals surface area (Å²) in [7, 11) is 3.17. The highest BCUT2D eigenvalue weighted by Gasteiger charge is 2.53. The number of amides is 1. The Balaban J connectivity index is 1.70. The van der Waals surface area contributed by atoms with Crippen LogP contribution in [0.1, 0.15) is 145 Å². The number of rotatable bonds is 13. The van der Waals surface area contributed by atoms with Crippen LogP contribution >= 0.6 is 0 Å². The van der Waals surface area contributed by atoms with Gasteiger partial charge in [0.25, 0.3) is 11.7 Å². The van der Waals surface area contributed by atoms with Crippen LogP contribution in [-0.4, -0.2) is 144 Å². The molecule has 73 heavy (non-hydrogen) atoms. The zero-order valence-electron chi connectivity index (χ0n) is 45.5. The van der Waals surface area contributed by atoms with Crippen LogP contribution in [0.3, 0.4) is 0 Å². The normalized spacial score (nSPS) is 37.2. The zero-order valence-corrected chi connectivity index (χ0v) is 45.5. The number of piperidine rings is 1. The van der Waals surface area contributed by atoms with E-state index in [1.165, 1.54) is 4.90 Å². The van der Waals surface area contributed by atoms with Gasteiger partial charge >= 0.3 is 11.9 Å². The molecule has 4 aliphatic rings. The Labute approximate surface area is 434 Å². The third-order valence-electron chi connectivity index (χ3n) is 15.8. The van der Waals surface area contributed by atoms with Crippen LogP contribution in [0, 0.1) is 41.4 Å². The molecule has 412 valence electrons. The molecule has 3 N–H and O–H groups in total. The Morgan fingerprint density at radius 3 is 2.30 bits per heavy atom. The summed E-state index contributed by atoms with van der Waals surface area (Å²) in [6, 6.07) is -1.17. The SMILES string of the molecule is CCC1C(=O)C(C)CC(C)/C=C/C=C/C=C(\C)C(OCCOC)CC2CCC(C)C(O)(O2)C(=O)C(=O)N2CCCCC2C(=O)OC(C(C)CC2CCC(OCCC(=O)O)C(OC)C2)CC(=O)C(C)/C=C(\C)C1O. The van der Waals surface area contributed by atoms with Gasteiger partial charge in [-0.2, -0.15) is 0 Å². The lowest BCUT2D eigenvalue weighted by Crippen LogP contribution is -2.61. The second-order valence-corrected chi connectivity index (χ2v) is 21.6. The minimum Gasteiger partial charge on any atom is -0.481 e. The number of esters is 1. The summed E-state index contributed by atoms with van der Waals surface area (Å²) >= 11 is 0. The van der Waals surface area contributed by atoms with E-state index in [0.717, 1.165) is 12.0 Å². The van der Waals surface area contributed by atoms with Crippen LogP contribution in [0.2, 0.25) is 0 Å². The van der Waals surface area contributed by atoms with Crippen LogP contribution in [0.5, 0.6) is 0 Å². The van der Waals surface area contributed by atoms with E-state index >= 15 is 0 Å². The van der Waals surface area contributed by atoms with E-state index in [0.29, 0.717) is 70.0 Å². The molecular formula is C57H89NO15. The number of nitrogens with zero attached hydrogens (tertiary/aromatic N) is 1. The lowest BCUT2D eigenvalue weighted by Gasteiger charge is -2.43. The van der Waals surface area contributed by atoms with Gasteiger partial charge < -0.3 is 48.6 Å². The number of carboxylic acid groups (broad SMARTS) is 1. The molecule has 3 heterocycles. The number of aliphatic hydroxyl groups is 2. The van der Waals surface area contributed by atoms with Crippen molar-refractivity contribution >= 4 is 35.2 Å². The largest absolute Gasteiger partial charge is 0.481 e. The Hall–Kier alpha value is -3.90. The van der Waals surface area contributed by atoms with E-state index in [1.54, 1.807) is 41.1 Å². The molecular weight excluding hydrogens is 939 g/mol. The predicted octanol–water partition coefficient (Wildman–Crippen LogP) is 7.71. The van der Waals surface area contributed by atoms with Crippen molar-refractivity contribution in [3.05, 3.63) is 47.6 Å². The number of hydrogen-bond donors (Lipinski definition) is 3. The number of fused-ring (bicyclic) bond motifs is 3. The average Bonchev–Trinajstić information content (AvgIpc) is 3.36. The highest BCUT2D eigenvalue weighted by molar-refractivity contribution is 6.39. The second-order valence-electron chi connectivity index (χ2n) is 21.6. The molecule has 3 fully saturated rings. The summed E-state index contributed by atoms with van der Waals surface area (Å²) in [4.78, 5) is 84.0. The lowest BCUT2D eigenvalue weighted by atomic mass is 9.78. The summed E-state index contributed by atoms with van der Waals surface area (Å²) in [6.07, 6.45) is 13.2. The van der Waals surface area contributed by atoms with Crippen LogP contribution in [-0.2, 0) is 57.2 Å². The van der Waals surface area contributed by atoms with Crippen LogP contribution in [0.15, 0.2) is 47.6 Å². The van der Waals surface area contributed by atoms with Crippen LogP contribution < -0.4 is 0 Å². The van der Waals surface area contributed by atoms with Gasteiger partial charge in [-0.05, 0) is 113 Å². The smallest absolute Gasteiger partial charge is 0.329 e. The summed E-state index contributed by atoms with van der Waals surface area (Å²) in [6.45, 7) is 15.5. The average molecular weight is 1030 g/mol. The monoisotopic (exact) mass is 1030 g/mol. The molecule has 16 heteroatoms. The molecule has 0 radical (unpaired) electrons. The summed E-state index contributed by atoms with van der Waals surface area (Å²) in [5.41, 5.74) is 1.35. The summed E-state index contributed by atoms with van der Waals surface area (Å²) in [5.74, 6) is -9.42. The number of Topliss-reactive ketones (excluding diaryl/α,β-unsaturated/α-hetero) is 3. The first kappa shape index (κ1) is 61.6. The molecule has 1 saturated carbocycles. The van der Waals surface area contributed by atoms with Crippen molar-refractivity contribution in [3.63, 3.8) is 0 Å². The molecule has 3 aliphatic heterocycles. The highest BCUT2D eigenvalue weighted by atomic mass is 16.6. The first-order chi connectivity index (χ1) is 34.6. The van der Waals surface area contributed by atoms with Crippen LogP contribution in [0.4, 0.5) is 0 Å². The van der Waals surface area contributed by atoms with E-state index in [9.17, 15) is 39.0 Å². The minimum absolute atomic E-state index is 0.0454. The van der Waals surface area contributed by atoms with E-state index < -0.39 is 77.6 Å². The third-order valence-corrected chi connectivity index (χ3v) is 15.8. The number of aliphatic hydroxyl groups excluding tert-OH is 1. The number of ether oxygens (including phenoxy) is 6. The molecule has 0 aromatic rings. The van der Waals surface area contributed by atoms with Gasteiger partial charge in [0.1, 0.15) is 23.7 Å². The van der Waals surface area contributed by atoms with Crippen molar-refractivity contribution in [2.24, 2.45) is 41.4 Å². The van der Waals surface area contributed by atoms with Gasteiger partial charge in [-0.15, -0.1) is 0 Å². The Bertz CT molecular complexity index is 1960. The maximum absolute atomic E-state index is 14.6. The first-order valence-corrected chi connectivity index (χ1v) is 27.0. The number of carbonyl (C=O) groups is 6. The first-order valence-electron chi connectivity index (χ1n) is 27.0. The maximum atomic E-state index is 14.6. The molecule has 0 aromatic heterocycles. The van der Waals surface area contributed by atoms with Crippen molar-refractivity contribution in [1.82, 2.24) is 4.90 Å². The van der Waals surface area contributed by atoms with Gasteiger partial charge in [0, 0.05) is 57.3 Å². The fraction of sp³-hybridized carbons (Fsp3) is 0.754. The number of methoxy groups -OCH3 is 2. The van der Waals surface area contributed by atoms with E-state index in [4.69, 9.17) is 33.5 Å². The number of aliphatic carboxylic acids is 1. The predicted molar refractivity (Wildman–Crippen MR) is 275 cm³/mol. The van der Waals surface area contributed by atoms with Crippen molar-refractivity contribution < 1.29 is 72.5 Å². The van der Waals surface area contributed by atoms with E-state index in [1.807, 2.05) is 65.0 Å². The Morgan fingerprint density at radius 1 is 0.877 bits per heavy atom. The van der Waals surface area contributed by atoms with Gasteiger partial charge in [0.15, 0.2) is 0 Å². The van der Waals surface area contributed by atoms with Crippen LogP contribution in [0.25, 0.3) is 0 Å². The molecule has 15 unspecified atom stereocenters. The van der Waals surface area contributed by atoms with Gasteiger partial charge in [0.05, 0.1) is 56.8 Å². The third kappa shape index (κ3) is 17.9. The maximum Gasteiger partial charge on any atom is 0.329 e. The van der Waals surface area contributed by atoms with E-state index in [-0.39, 0.29) is 92.9 Å². The fourth-order valence-electron chi connectivity index (χ4n) is 11.1. The molecule has 2 bridgehead atoms. The van der Waals surface area contributed by atoms with Gasteiger partial charge in [-0.1, -0.05) is 78.0 Å². The van der Waals surface area contributed by atoms with Gasteiger partial charge in [-0.25, -0.2) is 4.79 Å². The second kappa shape index (κ2) is 30.0. The number of allylic oxidation sites excluding steroid dienone is 6. The molecule has 1 aliphatic carbocycles. The molecule has 2 saturated heterocycles. The zero-order chi connectivity index (χ0) is 54.0. The molecule has 16 nitrogen and oxygen atoms in total. The standard InChI is InChI=1S/C57H89NO15/c1-11-44-52(62)39(6)29-35(2)17-13-12-14-18-36(3)48(71-28-27-68-9)33-43-22-20-41(8)57(67,73-43)54(64)55(65)58-25-16-15-19-45(58)56(66)72-49(34-46(59)37(4)30-40(7)53(44)63)38(5)31-42-21-23-47(50(32-42)69-10)70-26-24-51(60)61/h12-14,17-18,30,35,37-39,41-45,47-50,53,63,67H,11,15-16,19-29,31-34H2,1-10H3,(H,60,61)/b14-12+,17-13+,36-18+,40-30+. The highest BCUT2D eigenvalue weighted by Crippen LogP contribution is 2.38. The molecule has 0 spiro atoms. The van der Waals surface area contributed by atoms with Crippen molar-refractivity contribution in [3.8, 4) is 0 Å². The fourth-order valence-corrected chi connectivity index (χ4v) is 11.1. The topological polar surface area (TPSA) is 222 Å². The number of cyclic esters (lactones) is 1. The van der Waals surface area contributed by atoms with E-state index in [2.05, 4.69) is 0 Å². The van der Waals surface area contributed by atoms with Crippen molar-refractivity contribution in [2.75, 3.05) is 40.6 Å².